The van der Waals surface area contributed by atoms with Crippen LogP contribution in [-0.2, 0) is 0 Å². The molecule has 0 saturated heterocycles. The molecule has 0 radical (unpaired) electrons. The highest BCUT2D eigenvalue weighted by atomic mass is 15.1. The minimum Gasteiger partial charge on any atom is -0.288 e. The van der Waals surface area contributed by atoms with Gasteiger partial charge in [0, 0.05) is 6.04 Å². The molecule has 1 saturated carbocycles. The Morgan fingerprint density at radius 1 is 1.29 bits per heavy atom. The number of nitrogens with zero attached hydrogens (tertiary/aromatic N) is 2. The molecule has 1 rings (SSSR count). The highest BCUT2D eigenvalue weighted by molar-refractivity contribution is 4.86. The molecule has 0 aromatic rings. The lowest BCUT2D eigenvalue weighted by Gasteiger charge is -2.37. The van der Waals surface area contributed by atoms with Crippen molar-refractivity contribution in [1.82, 2.24) is 4.90 Å². The van der Waals surface area contributed by atoms with Crippen molar-refractivity contribution in [3.63, 3.8) is 0 Å². The van der Waals surface area contributed by atoms with E-state index in [4.69, 9.17) is 5.26 Å². The van der Waals surface area contributed by atoms with Crippen molar-refractivity contribution in [3.05, 3.63) is 0 Å². The van der Waals surface area contributed by atoms with Crippen LogP contribution in [0.15, 0.2) is 0 Å². The summed E-state index contributed by atoms with van der Waals surface area (Å²) in [6.45, 7) is 8.46. The first-order valence-corrected chi connectivity index (χ1v) is 5.80. The van der Waals surface area contributed by atoms with E-state index in [-0.39, 0.29) is 0 Å². The smallest absolute Gasteiger partial charge is 0.0868 e. The second-order valence-corrected chi connectivity index (χ2v) is 4.64. The average molecular weight is 194 g/mol. The molecule has 2 heteroatoms. The van der Waals surface area contributed by atoms with E-state index in [1.165, 1.54) is 19.3 Å². The van der Waals surface area contributed by atoms with E-state index < -0.39 is 0 Å². The summed E-state index contributed by atoms with van der Waals surface area (Å²) in [5.74, 6) is 1.69. The molecule has 1 aliphatic carbocycles. The molecule has 1 aliphatic rings. The van der Waals surface area contributed by atoms with E-state index >= 15 is 0 Å². The maximum absolute atomic E-state index is 8.72. The van der Waals surface area contributed by atoms with Gasteiger partial charge < -0.3 is 0 Å². The van der Waals surface area contributed by atoms with E-state index in [0.29, 0.717) is 12.6 Å². The van der Waals surface area contributed by atoms with Crippen LogP contribution >= 0.6 is 0 Å². The molecule has 80 valence electrons. The molecule has 14 heavy (non-hydrogen) atoms. The van der Waals surface area contributed by atoms with Crippen molar-refractivity contribution in [2.45, 2.75) is 46.1 Å². The number of hydrogen-bond donors (Lipinski definition) is 0. The minimum atomic E-state index is 0.599. The van der Waals surface area contributed by atoms with Gasteiger partial charge in [0.1, 0.15) is 0 Å². The standard InChI is InChI=1S/C12H22N2/c1-4-14(8-7-13)12-6-5-10(2)11(3)9-12/h10-12H,4-6,8-9H2,1-3H3. The van der Waals surface area contributed by atoms with Crippen molar-refractivity contribution in [2.24, 2.45) is 11.8 Å². The third-order valence-corrected chi connectivity index (χ3v) is 3.77. The summed E-state index contributed by atoms with van der Waals surface area (Å²) in [4.78, 5) is 2.32. The van der Waals surface area contributed by atoms with Crippen LogP contribution < -0.4 is 0 Å². The van der Waals surface area contributed by atoms with Gasteiger partial charge in [0.25, 0.3) is 0 Å². The summed E-state index contributed by atoms with van der Waals surface area (Å²) in [7, 11) is 0. The number of rotatable bonds is 3. The van der Waals surface area contributed by atoms with E-state index in [1.54, 1.807) is 0 Å². The number of nitriles is 1. The maximum Gasteiger partial charge on any atom is 0.0868 e. The van der Waals surface area contributed by atoms with Crippen molar-refractivity contribution >= 4 is 0 Å². The van der Waals surface area contributed by atoms with Crippen molar-refractivity contribution < 1.29 is 0 Å². The molecule has 0 aromatic heterocycles. The van der Waals surface area contributed by atoms with Gasteiger partial charge in [-0.2, -0.15) is 5.26 Å². The molecular formula is C12H22N2. The topological polar surface area (TPSA) is 27.0 Å². The Labute approximate surface area is 87.9 Å². The maximum atomic E-state index is 8.72. The highest BCUT2D eigenvalue weighted by Crippen LogP contribution is 2.31. The Bertz CT molecular complexity index is 207. The Kier molecular flexibility index (Phi) is 4.41. The van der Waals surface area contributed by atoms with Gasteiger partial charge >= 0.3 is 0 Å². The second-order valence-electron chi connectivity index (χ2n) is 4.64. The van der Waals surface area contributed by atoms with Crippen LogP contribution in [0.5, 0.6) is 0 Å². The monoisotopic (exact) mass is 194 g/mol. The molecule has 0 aromatic carbocycles. The third-order valence-electron chi connectivity index (χ3n) is 3.77. The van der Waals surface area contributed by atoms with E-state index in [1.807, 2.05) is 0 Å². The van der Waals surface area contributed by atoms with Gasteiger partial charge in [-0.15, -0.1) is 0 Å². The van der Waals surface area contributed by atoms with Crippen molar-refractivity contribution in [1.29, 1.82) is 5.26 Å². The summed E-state index contributed by atoms with van der Waals surface area (Å²) < 4.78 is 0. The van der Waals surface area contributed by atoms with Gasteiger partial charge in [0.2, 0.25) is 0 Å². The largest absolute Gasteiger partial charge is 0.288 e. The molecule has 0 spiro atoms. The van der Waals surface area contributed by atoms with Gasteiger partial charge in [-0.25, -0.2) is 0 Å². The molecule has 3 unspecified atom stereocenters. The summed E-state index contributed by atoms with van der Waals surface area (Å²) in [6.07, 6.45) is 3.88. The zero-order chi connectivity index (χ0) is 10.6. The lowest BCUT2D eigenvalue weighted by molar-refractivity contribution is 0.125. The van der Waals surface area contributed by atoms with Crippen LogP contribution in [0, 0.1) is 23.2 Å². The van der Waals surface area contributed by atoms with Crippen LogP contribution in [0.2, 0.25) is 0 Å². The fourth-order valence-electron chi connectivity index (χ4n) is 2.44. The minimum absolute atomic E-state index is 0.599. The zero-order valence-electron chi connectivity index (χ0n) is 9.66. The molecule has 0 bridgehead atoms. The van der Waals surface area contributed by atoms with Crippen LogP contribution in [0.4, 0.5) is 0 Å². The Balaban J connectivity index is 2.48. The lowest BCUT2D eigenvalue weighted by atomic mass is 9.78. The first-order chi connectivity index (χ1) is 6.69. The first kappa shape index (κ1) is 11.5. The molecular weight excluding hydrogens is 172 g/mol. The third kappa shape index (κ3) is 2.72. The Morgan fingerprint density at radius 2 is 2.00 bits per heavy atom. The van der Waals surface area contributed by atoms with Crippen LogP contribution in [-0.4, -0.2) is 24.0 Å². The van der Waals surface area contributed by atoms with Gasteiger partial charge in [-0.05, 0) is 37.6 Å². The van der Waals surface area contributed by atoms with Gasteiger partial charge in [-0.1, -0.05) is 20.8 Å². The summed E-state index contributed by atoms with van der Waals surface area (Å²) >= 11 is 0. The molecule has 0 heterocycles. The lowest BCUT2D eigenvalue weighted by Crippen LogP contribution is -2.40. The van der Waals surface area contributed by atoms with Crippen LogP contribution in [0.25, 0.3) is 0 Å². The van der Waals surface area contributed by atoms with Gasteiger partial charge in [0.05, 0.1) is 12.6 Å². The Morgan fingerprint density at radius 3 is 2.50 bits per heavy atom. The zero-order valence-corrected chi connectivity index (χ0v) is 9.66. The molecule has 1 fully saturated rings. The predicted molar refractivity (Wildman–Crippen MR) is 58.8 cm³/mol. The van der Waals surface area contributed by atoms with Crippen molar-refractivity contribution in [2.75, 3.05) is 13.1 Å². The summed E-state index contributed by atoms with van der Waals surface area (Å²) in [5, 5.41) is 8.72. The fraction of sp³-hybridized carbons (Fsp3) is 0.917. The SMILES string of the molecule is CCN(CC#N)C1CCC(C)C(C)C1. The second kappa shape index (κ2) is 5.36. The fourth-order valence-corrected chi connectivity index (χ4v) is 2.44. The Hall–Kier alpha value is -0.550. The van der Waals surface area contributed by atoms with Gasteiger partial charge in [-0.3, -0.25) is 4.90 Å². The molecule has 0 N–H and O–H groups in total. The quantitative estimate of drug-likeness (QED) is 0.646. The van der Waals surface area contributed by atoms with Crippen LogP contribution in [0.3, 0.4) is 0 Å². The highest BCUT2D eigenvalue weighted by Gasteiger charge is 2.27. The van der Waals surface area contributed by atoms with E-state index in [2.05, 4.69) is 31.7 Å². The van der Waals surface area contributed by atoms with Gasteiger partial charge in [0.15, 0.2) is 0 Å². The summed E-state index contributed by atoms with van der Waals surface area (Å²) in [6, 6.07) is 2.93. The molecule has 2 nitrogen and oxygen atoms in total. The number of hydrogen-bond acceptors (Lipinski definition) is 2. The first-order valence-electron chi connectivity index (χ1n) is 5.80. The summed E-state index contributed by atoms with van der Waals surface area (Å²) in [5.41, 5.74) is 0. The van der Waals surface area contributed by atoms with E-state index in [9.17, 15) is 0 Å². The normalized spacial score (nSPS) is 32.9. The average Bonchev–Trinajstić information content (AvgIpc) is 2.19. The molecule has 3 atom stereocenters. The molecule has 0 amide bonds. The van der Waals surface area contributed by atoms with Crippen molar-refractivity contribution in [3.8, 4) is 6.07 Å². The molecule has 0 aliphatic heterocycles. The predicted octanol–water partition coefficient (Wildman–Crippen LogP) is 2.66. The van der Waals surface area contributed by atoms with E-state index in [0.717, 1.165) is 18.4 Å². The van der Waals surface area contributed by atoms with Crippen LogP contribution in [0.1, 0.15) is 40.0 Å².